The average molecular weight is 527 g/mol. The molecule has 10 nitrogen and oxygen atoms in total. The molecule has 0 spiro atoms. The number of nitrogens with one attached hydrogen (secondary N) is 2. The third-order valence-electron chi connectivity index (χ3n) is 5.81. The molecule has 0 saturated heterocycles. The Hall–Kier alpha value is -4.65. The van der Waals surface area contributed by atoms with E-state index in [2.05, 4.69) is 20.4 Å². The molecule has 2 aromatic carbocycles. The molecule has 0 aliphatic rings. The molecule has 0 fully saturated rings. The van der Waals surface area contributed by atoms with Crippen molar-refractivity contribution in [2.75, 3.05) is 13.7 Å². The van der Waals surface area contributed by atoms with E-state index in [0.29, 0.717) is 10.3 Å². The molecule has 38 heavy (non-hydrogen) atoms. The van der Waals surface area contributed by atoms with E-state index < -0.39 is 58.5 Å². The van der Waals surface area contributed by atoms with Gasteiger partial charge < -0.3 is 19.6 Å². The first-order valence-corrected chi connectivity index (χ1v) is 11.3. The number of aliphatic hydroxyl groups excluding tert-OH is 1. The molecule has 3 aromatic heterocycles. The standard InChI is InChI=1S/C25H20F3N5O5/c1-12(11-34)29-22(35)19-17(23-31-18-14(37-2)9-6-10-15(18)38-23)24(36)33-21(30-19)16(13-7-4-3-5-8-13)20(32-33)25(26,27)28/h3-10,12,32,34H,11H2,1-2H3,(H,29,35)/t12-/m0/s1. The number of hydrogen-bond acceptors (Lipinski definition) is 7. The maximum Gasteiger partial charge on any atom is 0.433 e. The second-order valence-electron chi connectivity index (χ2n) is 8.41. The molecule has 5 rings (SSSR count). The van der Waals surface area contributed by atoms with Crippen molar-refractivity contribution in [3.63, 3.8) is 0 Å². The highest BCUT2D eigenvalue weighted by molar-refractivity contribution is 6.00. The Morgan fingerprint density at radius 1 is 1.16 bits per heavy atom. The molecule has 3 N–H and O–H groups in total. The summed E-state index contributed by atoms with van der Waals surface area (Å²) in [4.78, 5) is 35.5. The molecule has 13 heteroatoms. The lowest BCUT2D eigenvalue weighted by atomic mass is 10.1. The SMILES string of the molecule is COc1cccc2oc(-c3c(C(=O)N[C@@H](C)CO)nc4c(-c5ccccc5)c(C(F)(F)F)[nH]n4c3=O)nc12. The predicted molar refractivity (Wildman–Crippen MR) is 130 cm³/mol. The molecular weight excluding hydrogens is 507 g/mol. The van der Waals surface area contributed by atoms with Crippen LogP contribution in [0.5, 0.6) is 5.75 Å². The predicted octanol–water partition coefficient (Wildman–Crippen LogP) is 3.64. The van der Waals surface area contributed by atoms with Crippen molar-refractivity contribution < 1.29 is 32.2 Å². The van der Waals surface area contributed by atoms with E-state index in [9.17, 15) is 27.9 Å². The highest BCUT2D eigenvalue weighted by Gasteiger charge is 2.39. The zero-order valence-corrected chi connectivity index (χ0v) is 20.0. The van der Waals surface area contributed by atoms with Gasteiger partial charge in [0.1, 0.15) is 22.7 Å². The van der Waals surface area contributed by atoms with Crippen LogP contribution in [0.4, 0.5) is 13.2 Å². The van der Waals surface area contributed by atoms with E-state index in [1.54, 1.807) is 24.3 Å². The minimum atomic E-state index is -4.88. The summed E-state index contributed by atoms with van der Waals surface area (Å²) in [5.41, 5.74) is -3.53. The second kappa shape index (κ2) is 9.34. The van der Waals surface area contributed by atoms with E-state index in [1.807, 2.05) is 0 Å². The summed E-state index contributed by atoms with van der Waals surface area (Å²) in [6, 6.07) is 11.6. The highest BCUT2D eigenvalue weighted by Crippen LogP contribution is 2.39. The molecule has 196 valence electrons. The molecule has 0 radical (unpaired) electrons. The maximum absolute atomic E-state index is 14.1. The van der Waals surface area contributed by atoms with Crippen LogP contribution in [0.15, 0.2) is 57.7 Å². The lowest BCUT2D eigenvalue weighted by Gasteiger charge is -2.12. The van der Waals surface area contributed by atoms with Crippen LogP contribution in [0.2, 0.25) is 0 Å². The van der Waals surface area contributed by atoms with Crippen molar-refractivity contribution in [1.82, 2.24) is 24.9 Å². The Bertz CT molecular complexity index is 1720. The number of alkyl halides is 3. The molecule has 0 saturated carbocycles. The number of aliphatic hydroxyl groups is 1. The van der Waals surface area contributed by atoms with Gasteiger partial charge >= 0.3 is 6.18 Å². The van der Waals surface area contributed by atoms with E-state index in [0.717, 1.165) is 0 Å². The molecule has 0 aliphatic carbocycles. The van der Waals surface area contributed by atoms with Crippen LogP contribution in [0.1, 0.15) is 23.1 Å². The number of fused-ring (bicyclic) bond motifs is 2. The number of methoxy groups -OCH3 is 1. The molecule has 0 aliphatic heterocycles. The Morgan fingerprint density at radius 3 is 2.55 bits per heavy atom. The van der Waals surface area contributed by atoms with Gasteiger partial charge in [0.15, 0.2) is 16.7 Å². The summed E-state index contributed by atoms with van der Waals surface area (Å²) in [5.74, 6) is -0.941. The summed E-state index contributed by atoms with van der Waals surface area (Å²) in [7, 11) is 1.41. The van der Waals surface area contributed by atoms with Crippen LogP contribution in [-0.2, 0) is 6.18 Å². The van der Waals surface area contributed by atoms with Gasteiger partial charge in [0, 0.05) is 6.04 Å². The van der Waals surface area contributed by atoms with Crippen molar-refractivity contribution in [2.24, 2.45) is 0 Å². The summed E-state index contributed by atoms with van der Waals surface area (Å²) < 4.78 is 53.9. The van der Waals surface area contributed by atoms with Gasteiger partial charge in [-0.1, -0.05) is 36.4 Å². The largest absolute Gasteiger partial charge is 0.494 e. The van der Waals surface area contributed by atoms with Gasteiger partial charge in [-0.25, -0.2) is 9.97 Å². The summed E-state index contributed by atoms with van der Waals surface area (Å²) in [6.07, 6.45) is -4.88. The Balaban J connectivity index is 1.87. The average Bonchev–Trinajstić information content (AvgIpc) is 3.51. The van der Waals surface area contributed by atoms with Gasteiger partial charge in [0.25, 0.3) is 11.5 Å². The quantitative estimate of drug-likeness (QED) is 0.307. The molecule has 3 heterocycles. The van der Waals surface area contributed by atoms with Crippen molar-refractivity contribution in [3.8, 4) is 28.3 Å². The van der Waals surface area contributed by atoms with Gasteiger partial charge in [-0.2, -0.15) is 17.7 Å². The van der Waals surface area contributed by atoms with Crippen LogP contribution in [-0.4, -0.2) is 50.4 Å². The van der Waals surface area contributed by atoms with Crippen LogP contribution in [0, 0.1) is 0 Å². The zero-order chi connectivity index (χ0) is 27.2. The molecule has 0 bridgehead atoms. The number of aromatic amines is 1. The number of hydrogen-bond donors (Lipinski definition) is 3. The minimum Gasteiger partial charge on any atom is -0.494 e. The van der Waals surface area contributed by atoms with Gasteiger partial charge in [-0.3, -0.25) is 14.7 Å². The van der Waals surface area contributed by atoms with Gasteiger partial charge in [-0.05, 0) is 24.6 Å². The zero-order valence-electron chi connectivity index (χ0n) is 20.0. The molecule has 5 aromatic rings. The first kappa shape index (κ1) is 25.0. The number of nitrogens with zero attached hydrogens (tertiary/aromatic N) is 3. The lowest BCUT2D eigenvalue weighted by molar-refractivity contribution is -0.140. The molecule has 0 unspecified atom stereocenters. The number of rotatable bonds is 6. The minimum absolute atomic E-state index is 0.125. The van der Waals surface area contributed by atoms with Crippen molar-refractivity contribution >= 4 is 22.7 Å². The van der Waals surface area contributed by atoms with Crippen LogP contribution in [0.3, 0.4) is 0 Å². The topological polar surface area (TPSA) is 135 Å². The fraction of sp³-hybridized carbons (Fsp3) is 0.200. The van der Waals surface area contributed by atoms with E-state index in [-0.39, 0.29) is 22.6 Å². The highest BCUT2D eigenvalue weighted by atomic mass is 19.4. The summed E-state index contributed by atoms with van der Waals surface area (Å²) >= 11 is 0. The fourth-order valence-electron chi connectivity index (χ4n) is 4.05. The first-order chi connectivity index (χ1) is 18.1. The summed E-state index contributed by atoms with van der Waals surface area (Å²) in [5, 5.41) is 14.0. The normalized spacial score (nSPS) is 12.7. The smallest absolute Gasteiger partial charge is 0.433 e. The number of amides is 1. The second-order valence-corrected chi connectivity index (χ2v) is 8.41. The number of aromatic nitrogens is 4. The third kappa shape index (κ3) is 4.16. The number of H-pyrrole nitrogens is 1. The van der Waals surface area contributed by atoms with Crippen molar-refractivity contribution in [1.29, 1.82) is 0 Å². The van der Waals surface area contributed by atoms with Gasteiger partial charge in [0.05, 0.1) is 19.3 Å². The summed E-state index contributed by atoms with van der Waals surface area (Å²) in [6.45, 7) is 1.07. The number of benzene rings is 2. The first-order valence-electron chi connectivity index (χ1n) is 11.3. The van der Waals surface area contributed by atoms with Crippen LogP contribution in [0.25, 0.3) is 39.3 Å². The number of oxazole rings is 1. The van der Waals surface area contributed by atoms with Crippen molar-refractivity contribution in [3.05, 3.63) is 70.3 Å². The molecular formula is C25H20F3N5O5. The van der Waals surface area contributed by atoms with Gasteiger partial charge in [0.2, 0.25) is 5.89 Å². The monoisotopic (exact) mass is 527 g/mol. The molecule has 1 atom stereocenters. The lowest BCUT2D eigenvalue weighted by Crippen LogP contribution is -2.37. The van der Waals surface area contributed by atoms with E-state index in [4.69, 9.17) is 9.15 Å². The van der Waals surface area contributed by atoms with Crippen LogP contribution >= 0.6 is 0 Å². The Labute approximate surface area is 211 Å². The molecule has 1 amide bonds. The third-order valence-corrected chi connectivity index (χ3v) is 5.81. The Morgan fingerprint density at radius 2 is 1.89 bits per heavy atom. The fourth-order valence-corrected chi connectivity index (χ4v) is 4.05. The van der Waals surface area contributed by atoms with E-state index >= 15 is 0 Å². The number of para-hydroxylation sites is 1. The van der Waals surface area contributed by atoms with Crippen LogP contribution < -0.4 is 15.6 Å². The number of ether oxygens (including phenoxy) is 1. The number of carbonyl (C=O) groups excluding carboxylic acids is 1. The van der Waals surface area contributed by atoms with Gasteiger partial charge in [-0.15, -0.1) is 0 Å². The van der Waals surface area contributed by atoms with Crippen molar-refractivity contribution in [2.45, 2.75) is 19.1 Å². The maximum atomic E-state index is 14.1. The Kier molecular flexibility index (Phi) is 6.15. The number of halogens is 3. The number of carbonyl (C=O) groups is 1. The van der Waals surface area contributed by atoms with E-state index in [1.165, 1.54) is 38.3 Å².